The predicted octanol–water partition coefficient (Wildman–Crippen LogP) is -0.0402. The number of rotatable bonds is 7. The fraction of sp³-hybridized carbons (Fsp3) is 0.480. The molecule has 1 unspecified atom stereocenters. The number of esters is 2. The van der Waals surface area contributed by atoms with Crippen LogP contribution in [0.5, 0.6) is 0 Å². The maximum absolute atomic E-state index is 12.1. The number of carboxylic acids is 1. The Morgan fingerprint density at radius 1 is 1.08 bits per heavy atom. The zero-order valence-corrected chi connectivity index (χ0v) is 19.8. The van der Waals surface area contributed by atoms with E-state index in [0.717, 1.165) is 11.8 Å². The summed E-state index contributed by atoms with van der Waals surface area (Å²) in [6.07, 6.45) is -6.34. The first-order valence-corrected chi connectivity index (χ1v) is 11.7. The predicted molar refractivity (Wildman–Crippen MR) is 122 cm³/mol. The Kier molecular flexibility index (Phi) is 8.25. The third-order valence-electron chi connectivity index (χ3n) is 6.54. The van der Waals surface area contributed by atoms with Gasteiger partial charge in [0.1, 0.15) is 37.1 Å². The Balaban J connectivity index is 1.42. The van der Waals surface area contributed by atoms with Crippen molar-refractivity contribution in [3.05, 3.63) is 53.8 Å². The number of hydrogen-bond acceptors (Lipinski definition) is 11. The average molecular weight is 520 g/mol. The summed E-state index contributed by atoms with van der Waals surface area (Å²) in [4.78, 5) is 35.7. The number of aliphatic carboxylic acids is 1. The Morgan fingerprint density at radius 3 is 2.51 bits per heavy atom. The summed E-state index contributed by atoms with van der Waals surface area (Å²) in [5.41, 5.74) is 0.649. The van der Waals surface area contributed by atoms with Gasteiger partial charge in [0.2, 0.25) is 6.29 Å². The Hall–Kier alpha value is -3.29. The molecule has 12 heteroatoms. The third-order valence-corrected chi connectivity index (χ3v) is 6.54. The molecule has 0 saturated carbocycles. The first-order chi connectivity index (χ1) is 17.7. The summed E-state index contributed by atoms with van der Waals surface area (Å²) >= 11 is 0. The molecule has 0 bridgehead atoms. The van der Waals surface area contributed by atoms with Crippen molar-refractivity contribution in [1.82, 2.24) is 0 Å². The molecule has 0 aromatic heterocycles. The topological polar surface area (TPSA) is 178 Å². The van der Waals surface area contributed by atoms with Crippen LogP contribution in [0.25, 0.3) is 6.08 Å². The second kappa shape index (κ2) is 11.4. The van der Waals surface area contributed by atoms with Crippen LogP contribution in [0.4, 0.5) is 0 Å². The SMILES string of the molecule is C[C@H]1OC(=O)C[C@@H]2C(C(=O)O)=CO[C@@H](O[C@@H]3O[C@H](COC(=O)C=Cc4ccccc4)[C@@H](O)[C@H](O)[C@H]3O)C21. The maximum Gasteiger partial charge on any atom is 0.335 e. The van der Waals surface area contributed by atoms with Crippen molar-refractivity contribution in [2.75, 3.05) is 6.61 Å². The van der Waals surface area contributed by atoms with Gasteiger partial charge in [0.25, 0.3) is 0 Å². The van der Waals surface area contributed by atoms with E-state index in [4.69, 9.17) is 23.7 Å². The lowest BCUT2D eigenvalue weighted by Crippen LogP contribution is -2.61. The lowest BCUT2D eigenvalue weighted by Gasteiger charge is -2.45. The average Bonchev–Trinajstić information content (AvgIpc) is 2.87. The van der Waals surface area contributed by atoms with E-state index < -0.39 is 79.5 Å². The number of benzene rings is 1. The number of hydrogen-bond donors (Lipinski definition) is 4. The highest BCUT2D eigenvalue weighted by Crippen LogP contribution is 2.41. The number of ether oxygens (including phenoxy) is 5. The minimum absolute atomic E-state index is 0.123. The van der Waals surface area contributed by atoms with Crippen molar-refractivity contribution in [2.45, 2.75) is 56.4 Å². The molecule has 2 fully saturated rings. The molecule has 37 heavy (non-hydrogen) atoms. The maximum atomic E-state index is 12.1. The van der Waals surface area contributed by atoms with E-state index in [-0.39, 0.29) is 12.0 Å². The molecule has 3 aliphatic rings. The molecule has 3 aliphatic heterocycles. The molecule has 200 valence electrons. The molecular formula is C25H28O12. The highest BCUT2D eigenvalue weighted by atomic mass is 16.8. The van der Waals surface area contributed by atoms with Gasteiger partial charge in [0, 0.05) is 12.0 Å². The van der Waals surface area contributed by atoms with E-state index in [1.54, 1.807) is 37.3 Å². The van der Waals surface area contributed by atoms with Crippen molar-refractivity contribution in [2.24, 2.45) is 11.8 Å². The number of carboxylic acid groups (broad SMARTS) is 1. The van der Waals surface area contributed by atoms with Gasteiger partial charge in [-0.2, -0.15) is 0 Å². The molecule has 0 radical (unpaired) electrons. The molecule has 12 nitrogen and oxygen atoms in total. The highest BCUT2D eigenvalue weighted by Gasteiger charge is 2.52. The largest absolute Gasteiger partial charge is 0.478 e. The fourth-order valence-electron chi connectivity index (χ4n) is 4.59. The third kappa shape index (κ3) is 6.00. The number of fused-ring (bicyclic) bond motifs is 1. The summed E-state index contributed by atoms with van der Waals surface area (Å²) in [5, 5.41) is 40.6. The van der Waals surface area contributed by atoms with Gasteiger partial charge in [-0.1, -0.05) is 30.3 Å². The molecule has 1 aromatic carbocycles. The fourth-order valence-corrected chi connectivity index (χ4v) is 4.59. The van der Waals surface area contributed by atoms with E-state index >= 15 is 0 Å². The quantitative estimate of drug-likeness (QED) is 0.279. The van der Waals surface area contributed by atoms with Gasteiger partial charge in [-0.3, -0.25) is 4.79 Å². The number of aliphatic hydroxyl groups is 3. The van der Waals surface area contributed by atoms with E-state index in [2.05, 4.69) is 0 Å². The summed E-state index contributed by atoms with van der Waals surface area (Å²) in [6, 6.07) is 9.02. The lowest BCUT2D eigenvalue weighted by molar-refractivity contribution is -0.346. The zero-order valence-electron chi connectivity index (χ0n) is 19.8. The van der Waals surface area contributed by atoms with Gasteiger partial charge in [0.15, 0.2) is 6.29 Å². The van der Waals surface area contributed by atoms with Crippen LogP contribution in [-0.2, 0) is 38.1 Å². The van der Waals surface area contributed by atoms with Crippen LogP contribution in [0.2, 0.25) is 0 Å². The molecule has 0 aliphatic carbocycles. The normalized spacial score (nSPS) is 35.6. The van der Waals surface area contributed by atoms with Gasteiger partial charge < -0.3 is 44.1 Å². The number of carbonyl (C=O) groups excluding carboxylic acids is 2. The van der Waals surface area contributed by atoms with Crippen LogP contribution in [0, 0.1) is 11.8 Å². The van der Waals surface area contributed by atoms with Crippen LogP contribution < -0.4 is 0 Å². The lowest BCUT2D eigenvalue weighted by atomic mass is 9.77. The molecule has 1 aromatic rings. The molecular weight excluding hydrogens is 492 g/mol. The van der Waals surface area contributed by atoms with Gasteiger partial charge in [0.05, 0.1) is 24.2 Å². The summed E-state index contributed by atoms with van der Waals surface area (Å²) in [6.45, 7) is 1.10. The summed E-state index contributed by atoms with van der Waals surface area (Å²) < 4.78 is 27.2. The molecule has 0 spiro atoms. The van der Waals surface area contributed by atoms with Gasteiger partial charge in [-0.15, -0.1) is 0 Å². The van der Waals surface area contributed by atoms with Crippen LogP contribution in [0.1, 0.15) is 18.9 Å². The second-order valence-electron chi connectivity index (χ2n) is 8.99. The summed E-state index contributed by atoms with van der Waals surface area (Å²) in [5.74, 6) is -4.09. The van der Waals surface area contributed by atoms with E-state index in [9.17, 15) is 34.8 Å². The Labute approximate surface area is 211 Å². The Morgan fingerprint density at radius 2 is 1.81 bits per heavy atom. The van der Waals surface area contributed by atoms with Crippen molar-refractivity contribution >= 4 is 24.0 Å². The minimum Gasteiger partial charge on any atom is -0.478 e. The Bertz CT molecular complexity index is 1050. The van der Waals surface area contributed by atoms with Crippen LogP contribution in [-0.4, -0.2) is 88.0 Å². The van der Waals surface area contributed by atoms with Crippen LogP contribution >= 0.6 is 0 Å². The van der Waals surface area contributed by atoms with Crippen molar-refractivity contribution in [3.63, 3.8) is 0 Å². The van der Waals surface area contributed by atoms with Crippen molar-refractivity contribution in [3.8, 4) is 0 Å². The standard InChI is InChI=1S/C25H28O12/c1-12-19-14(9-18(27)35-12)15(23(31)32)10-34-24(19)37-25-22(30)21(29)20(28)16(36-25)11-33-17(26)8-7-13-5-3-2-4-6-13/h2-8,10,12,14,16,19-22,24-25,28-30H,9,11H2,1H3,(H,31,32)/t12-,14-,16-,19?,20-,21+,22-,24+,25+/m1/s1. The highest BCUT2D eigenvalue weighted by molar-refractivity contribution is 5.88. The van der Waals surface area contributed by atoms with Crippen molar-refractivity contribution in [1.29, 1.82) is 0 Å². The molecule has 2 saturated heterocycles. The van der Waals surface area contributed by atoms with Crippen LogP contribution in [0.15, 0.2) is 48.2 Å². The van der Waals surface area contributed by atoms with E-state index in [1.165, 1.54) is 6.08 Å². The van der Waals surface area contributed by atoms with Gasteiger partial charge >= 0.3 is 17.9 Å². The number of carbonyl (C=O) groups is 3. The van der Waals surface area contributed by atoms with E-state index in [1.807, 2.05) is 6.07 Å². The summed E-state index contributed by atoms with van der Waals surface area (Å²) in [7, 11) is 0. The number of cyclic esters (lactones) is 1. The molecule has 4 N–H and O–H groups in total. The minimum atomic E-state index is -1.71. The molecule has 9 atom stereocenters. The van der Waals surface area contributed by atoms with Gasteiger partial charge in [-0.25, -0.2) is 9.59 Å². The van der Waals surface area contributed by atoms with E-state index in [0.29, 0.717) is 0 Å². The molecule has 3 heterocycles. The van der Waals surface area contributed by atoms with Crippen LogP contribution in [0.3, 0.4) is 0 Å². The number of aliphatic hydroxyl groups excluding tert-OH is 3. The first kappa shape index (κ1) is 26.8. The first-order valence-electron chi connectivity index (χ1n) is 11.7. The zero-order chi connectivity index (χ0) is 26.7. The van der Waals surface area contributed by atoms with Crippen molar-refractivity contribution < 1.29 is 58.5 Å². The molecule has 4 rings (SSSR count). The smallest absolute Gasteiger partial charge is 0.335 e. The van der Waals surface area contributed by atoms with Gasteiger partial charge in [-0.05, 0) is 18.6 Å². The monoisotopic (exact) mass is 520 g/mol. The second-order valence-corrected chi connectivity index (χ2v) is 8.99. The molecule has 0 amide bonds.